The van der Waals surface area contributed by atoms with Crippen molar-refractivity contribution in [2.24, 2.45) is 0 Å². The molecule has 1 aromatic heterocycles. The molecule has 0 bridgehead atoms. The van der Waals surface area contributed by atoms with E-state index in [-0.39, 0.29) is 6.04 Å². The van der Waals surface area contributed by atoms with Crippen LogP contribution >= 0.6 is 27.3 Å². The van der Waals surface area contributed by atoms with Gasteiger partial charge in [0.15, 0.2) is 0 Å². The smallest absolute Gasteiger partial charge is 0.208 e. The summed E-state index contributed by atoms with van der Waals surface area (Å²) < 4.78 is 27.2. The van der Waals surface area contributed by atoms with Crippen LogP contribution in [0.25, 0.3) is 0 Å². The molecule has 0 aliphatic heterocycles. The van der Waals surface area contributed by atoms with E-state index in [0.29, 0.717) is 4.21 Å². The lowest BCUT2D eigenvalue weighted by atomic mass is 10.3. The van der Waals surface area contributed by atoms with Gasteiger partial charge in [-0.3, -0.25) is 0 Å². The predicted molar refractivity (Wildman–Crippen MR) is 62.1 cm³/mol. The molecule has 3 nitrogen and oxygen atoms in total. The van der Waals surface area contributed by atoms with Gasteiger partial charge in [-0.05, 0) is 41.4 Å². The molecule has 0 aromatic carbocycles. The van der Waals surface area contributed by atoms with Gasteiger partial charge in [0.2, 0.25) is 10.0 Å². The van der Waals surface area contributed by atoms with Crippen LogP contribution in [-0.4, -0.2) is 14.5 Å². The minimum Gasteiger partial charge on any atom is -0.208 e. The normalized spacial score (nSPS) is 14.2. The highest BCUT2D eigenvalue weighted by molar-refractivity contribution is 9.11. The van der Waals surface area contributed by atoms with Gasteiger partial charge in [-0.1, -0.05) is 6.92 Å². The van der Waals surface area contributed by atoms with Gasteiger partial charge in [-0.25, -0.2) is 13.1 Å². The second-order valence-corrected chi connectivity index (χ2v) is 7.39. The topological polar surface area (TPSA) is 46.2 Å². The number of nitrogens with one attached hydrogen (secondary N) is 1. The summed E-state index contributed by atoms with van der Waals surface area (Å²) in [6.07, 6.45) is 0.784. The molecular weight excluding hydrogens is 286 g/mol. The average molecular weight is 298 g/mol. The molecule has 0 radical (unpaired) electrons. The Bertz CT molecular complexity index is 399. The average Bonchev–Trinajstić information content (AvgIpc) is 2.51. The van der Waals surface area contributed by atoms with Gasteiger partial charge in [-0.15, -0.1) is 11.3 Å². The van der Waals surface area contributed by atoms with Crippen molar-refractivity contribution >= 4 is 37.3 Å². The van der Waals surface area contributed by atoms with E-state index in [9.17, 15) is 8.42 Å². The van der Waals surface area contributed by atoms with Crippen LogP contribution < -0.4 is 4.72 Å². The van der Waals surface area contributed by atoms with Crippen molar-refractivity contribution in [1.29, 1.82) is 0 Å². The molecule has 1 atom stereocenters. The monoisotopic (exact) mass is 297 g/mol. The van der Waals surface area contributed by atoms with Gasteiger partial charge < -0.3 is 0 Å². The van der Waals surface area contributed by atoms with Crippen LogP contribution in [0.2, 0.25) is 0 Å². The molecule has 1 heterocycles. The van der Waals surface area contributed by atoms with Crippen molar-refractivity contribution in [3.8, 4) is 0 Å². The minimum absolute atomic E-state index is 0.0270. The second-order valence-electron chi connectivity index (χ2n) is 2.99. The lowest BCUT2D eigenvalue weighted by Crippen LogP contribution is -2.31. The van der Waals surface area contributed by atoms with Gasteiger partial charge in [0, 0.05) is 6.04 Å². The molecule has 1 N–H and O–H groups in total. The Hall–Kier alpha value is 0.0900. The van der Waals surface area contributed by atoms with Crippen molar-refractivity contribution in [2.45, 2.75) is 30.5 Å². The maximum Gasteiger partial charge on any atom is 0.250 e. The molecule has 0 spiro atoms. The maximum absolute atomic E-state index is 11.7. The van der Waals surface area contributed by atoms with Crippen molar-refractivity contribution in [3.63, 3.8) is 0 Å². The molecule has 1 rings (SSSR count). The van der Waals surface area contributed by atoms with Crippen LogP contribution in [0.4, 0.5) is 0 Å². The van der Waals surface area contributed by atoms with E-state index in [1.54, 1.807) is 12.1 Å². The van der Waals surface area contributed by atoms with E-state index in [4.69, 9.17) is 0 Å². The van der Waals surface area contributed by atoms with Crippen LogP contribution in [0.1, 0.15) is 20.3 Å². The first-order chi connectivity index (χ1) is 6.45. The first-order valence-corrected chi connectivity index (χ1v) is 7.32. The molecule has 80 valence electrons. The highest BCUT2D eigenvalue weighted by Gasteiger charge is 2.18. The summed E-state index contributed by atoms with van der Waals surface area (Å²) in [6.45, 7) is 3.79. The van der Waals surface area contributed by atoms with Gasteiger partial charge >= 0.3 is 0 Å². The molecule has 0 amide bonds. The second kappa shape index (κ2) is 4.74. The predicted octanol–water partition coefficient (Wildman–Crippen LogP) is 2.59. The van der Waals surface area contributed by atoms with Crippen molar-refractivity contribution in [3.05, 3.63) is 15.9 Å². The van der Waals surface area contributed by atoms with Gasteiger partial charge in [-0.2, -0.15) is 0 Å². The van der Waals surface area contributed by atoms with Crippen molar-refractivity contribution in [1.82, 2.24) is 4.72 Å². The third-order valence-electron chi connectivity index (χ3n) is 1.78. The molecule has 1 aromatic rings. The summed E-state index contributed by atoms with van der Waals surface area (Å²) in [7, 11) is -3.31. The first kappa shape index (κ1) is 12.2. The Morgan fingerprint density at radius 1 is 1.57 bits per heavy atom. The third kappa shape index (κ3) is 3.05. The molecular formula is C8H12BrNO2S2. The quantitative estimate of drug-likeness (QED) is 0.928. The lowest BCUT2D eigenvalue weighted by molar-refractivity contribution is 0.558. The Morgan fingerprint density at radius 2 is 2.21 bits per heavy atom. The van der Waals surface area contributed by atoms with E-state index >= 15 is 0 Å². The molecule has 0 aliphatic carbocycles. The Morgan fingerprint density at radius 3 is 2.64 bits per heavy atom. The molecule has 6 heteroatoms. The van der Waals surface area contributed by atoms with Crippen LogP contribution in [-0.2, 0) is 10.0 Å². The van der Waals surface area contributed by atoms with E-state index in [2.05, 4.69) is 20.7 Å². The number of hydrogen-bond donors (Lipinski definition) is 1. The summed E-state index contributed by atoms with van der Waals surface area (Å²) in [4.78, 5) is 0. The zero-order valence-corrected chi connectivity index (χ0v) is 11.2. The largest absolute Gasteiger partial charge is 0.250 e. The summed E-state index contributed by atoms with van der Waals surface area (Å²) in [5.41, 5.74) is 0. The van der Waals surface area contributed by atoms with Gasteiger partial charge in [0.25, 0.3) is 0 Å². The minimum atomic E-state index is -3.31. The Balaban J connectivity index is 2.86. The zero-order chi connectivity index (χ0) is 10.8. The molecule has 0 saturated carbocycles. The van der Waals surface area contributed by atoms with Crippen LogP contribution in [0.3, 0.4) is 0 Å². The van der Waals surface area contributed by atoms with E-state index in [1.165, 1.54) is 11.3 Å². The third-order valence-corrected chi connectivity index (χ3v) is 5.49. The molecule has 14 heavy (non-hydrogen) atoms. The maximum atomic E-state index is 11.7. The SMILES string of the molecule is CCC(C)NS(=O)(=O)c1ccc(Br)s1. The van der Waals surface area contributed by atoms with E-state index in [0.717, 1.165) is 10.2 Å². The number of hydrogen-bond acceptors (Lipinski definition) is 3. The fourth-order valence-electron chi connectivity index (χ4n) is 0.848. The van der Waals surface area contributed by atoms with Crippen molar-refractivity contribution < 1.29 is 8.42 Å². The summed E-state index contributed by atoms with van der Waals surface area (Å²) in [5, 5.41) is 0. The molecule has 0 aliphatic rings. The lowest BCUT2D eigenvalue weighted by Gasteiger charge is -2.10. The van der Waals surface area contributed by atoms with E-state index in [1.807, 2.05) is 13.8 Å². The zero-order valence-electron chi connectivity index (χ0n) is 7.95. The molecule has 0 fully saturated rings. The summed E-state index contributed by atoms with van der Waals surface area (Å²) >= 11 is 4.45. The highest BCUT2D eigenvalue weighted by Crippen LogP contribution is 2.25. The standard InChI is InChI=1S/C8H12BrNO2S2/c1-3-6(2)10-14(11,12)8-5-4-7(9)13-8/h4-6,10H,3H2,1-2H3. The number of sulfonamides is 1. The molecule has 0 saturated heterocycles. The summed E-state index contributed by atoms with van der Waals surface area (Å²) in [6, 6.07) is 3.30. The molecule has 1 unspecified atom stereocenters. The van der Waals surface area contributed by atoms with Crippen LogP contribution in [0.15, 0.2) is 20.1 Å². The Labute approximate surface area is 96.7 Å². The fourth-order valence-corrected chi connectivity index (χ4v) is 4.20. The van der Waals surface area contributed by atoms with Crippen LogP contribution in [0.5, 0.6) is 0 Å². The van der Waals surface area contributed by atoms with E-state index < -0.39 is 10.0 Å². The van der Waals surface area contributed by atoms with Crippen molar-refractivity contribution in [2.75, 3.05) is 0 Å². The number of thiophene rings is 1. The van der Waals surface area contributed by atoms with Gasteiger partial charge in [0.1, 0.15) is 4.21 Å². The van der Waals surface area contributed by atoms with Gasteiger partial charge in [0.05, 0.1) is 3.79 Å². The number of rotatable bonds is 4. The van der Waals surface area contributed by atoms with Crippen LogP contribution in [0, 0.1) is 0 Å². The summed E-state index contributed by atoms with van der Waals surface area (Å²) in [5.74, 6) is 0. The first-order valence-electron chi connectivity index (χ1n) is 4.23. The highest BCUT2D eigenvalue weighted by atomic mass is 79.9. The number of halogens is 1. The fraction of sp³-hybridized carbons (Fsp3) is 0.500. The Kier molecular flexibility index (Phi) is 4.12.